The summed E-state index contributed by atoms with van der Waals surface area (Å²) < 4.78 is 2.32. The van der Waals surface area contributed by atoms with Gasteiger partial charge in [-0.05, 0) is 40.7 Å². The number of benzene rings is 2. The van der Waals surface area contributed by atoms with Gasteiger partial charge in [0.1, 0.15) is 0 Å². The predicted octanol–water partition coefficient (Wildman–Crippen LogP) is 5.96. The number of rotatable bonds is 8. The van der Waals surface area contributed by atoms with Crippen molar-refractivity contribution in [1.29, 1.82) is 0 Å². The SMILES string of the molecule is CC(C)(C)[C@@H](CC(=O)NCCc1ccccn1)c1cn(Cc2ccccc2)c2ccccc12. The number of para-hydroxylation sites is 1. The van der Waals surface area contributed by atoms with Crippen LogP contribution in [0.2, 0.25) is 0 Å². The first-order valence-electron chi connectivity index (χ1n) is 11.7. The molecule has 0 aliphatic carbocycles. The topological polar surface area (TPSA) is 46.9 Å². The molecule has 2 heterocycles. The number of nitrogens with zero attached hydrogens (tertiary/aromatic N) is 2. The van der Waals surface area contributed by atoms with Crippen LogP contribution in [0.25, 0.3) is 10.9 Å². The summed E-state index contributed by atoms with van der Waals surface area (Å²) in [6.07, 6.45) is 5.25. The maximum absolute atomic E-state index is 13.0. The van der Waals surface area contributed by atoms with E-state index in [-0.39, 0.29) is 17.2 Å². The van der Waals surface area contributed by atoms with Crippen LogP contribution >= 0.6 is 0 Å². The summed E-state index contributed by atoms with van der Waals surface area (Å²) in [6, 6.07) is 24.9. The molecule has 0 radical (unpaired) electrons. The van der Waals surface area contributed by atoms with Crippen LogP contribution in [-0.2, 0) is 17.8 Å². The first kappa shape index (κ1) is 22.8. The highest BCUT2D eigenvalue weighted by Crippen LogP contribution is 2.41. The Morgan fingerprint density at radius 1 is 0.970 bits per heavy atom. The maximum atomic E-state index is 13.0. The van der Waals surface area contributed by atoms with Crippen molar-refractivity contribution < 1.29 is 4.79 Å². The quantitative estimate of drug-likeness (QED) is 0.368. The molecule has 4 nitrogen and oxygen atoms in total. The fourth-order valence-corrected chi connectivity index (χ4v) is 4.48. The van der Waals surface area contributed by atoms with Gasteiger partial charge in [0, 0.05) is 54.9 Å². The molecule has 0 spiro atoms. The molecule has 0 saturated carbocycles. The Bertz CT molecular complexity index is 1190. The number of hydrogen-bond acceptors (Lipinski definition) is 2. The molecular formula is C29H33N3O. The van der Waals surface area contributed by atoms with Gasteiger partial charge in [-0.1, -0.05) is 75.4 Å². The van der Waals surface area contributed by atoms with Crippen LogP contribution in [0.5, 0.6) is 0 Å². The Hall–Kier alpha value is -3.40. The van der Waals surface area contributed by atoms with Crippen molar-refractivity contribution in [1.82, 2.24) is 14.9 Å². The molecule has 0 saturated heterocycles. The van der Waals surface area contributed by atoms with E-state index in [4.69, 9.17) is 0 Å². The maximum Gasteiger partial charge on any atom is 0.220 e. The Kier molecular flexibility index (Phi) is 6.93. The summed E-state index contributed by atoms with van der Waals surface area (Å²) in [6.45, 7) is 8.09. The first-order chi connectivity index (χ1) is 15.9. The van der Waals surface area contributed by atoms with Crippen molar-refractivity contribution in [2.75, 3.05) is 6.54 Å². The lowest BCUT2D eigenvalue weighted by Gasteiger charge is -2.30. The van der Waals surface area contributed by atoms with E-state index in [0.29, 0.717) is 13.0 Å². The summed E-state index contributed by atoms with van der Waals surface area (Å²) in [5, 5.41) is 4.34. The van der Waals surface area contributed by atoms with E-state index in [0.717, 1.165) is 18.7 Å². The molecular weight excluding hydrogens is 406 g/mol. The zero-order valence-corrected chi connectivity index (χ0v) is 19.8. The van der Waals surface area contributed by atoms with Crippen molar-refractivity contribution in [3.05, 3.63) is 102 Å². The third-order valence-electron chi connectivity index (χ3n) is 6.25. The van der Waals surface area contributed by atoms with Crippen molar-refractivity contribution in [3.63, 3.8) is 0 Å². The number of aromatic nitrogens is 2. The monoisotopic (exact) mass is 439 g/mol. The molecule has 1 atom stereocenters. The van der Waals surface area contributed by atoms with Gasteiger partial charge >= 0.3 is 0 Å². The van der Waals surface area contributed by atoms with E-state index >= 15 is 0 Å². The fourth-order valence-electron chi connectivity index (χ4n) is 4.48. The zero-order chi connectivity index (χ0) is 23.3. The number of fused-ring (bicyclic) bond motifs is 1. The van der Waals surface area contributed by atoms with E-state index < -0.39 is 0 Å². The van der Waals surface area contributed by atoms with Crippen molar-refractivity contribution in [2.45, 2.75) is 46.1 Å². The summed E-state index contributed by atoms with van der Waals surface area (Å²) in [4.78, 5) is 17.3. The second-order valence-corrected chi connectivity index (χ2v) is 9.76. The molecule has 2 aromatic heterocycles. The highest BCUT2D eigenvalue weighted by molar-refractivity contribution is 5.86. The Morgan fingerprint density at radius 3 is 2.42 bits per heavy atom. The van der Waals surface area contributed by atoms with Crippen LogP contribution in [0.15, 0.2) is 85.2 Å². The summed E-state index contributed by atoms with van der Waals surface area (Å²) in [7, 11) is 0. The van der Waals surface area contributed by atoms with E-state index in [1.807, 2.05) is 24.3 Å². The largest absolute Gasteiger partial charge is 0.356 e. The average Bonchev–Trinajstić information content (AvgIpc) is 3.16. The predicted molar refractivity (Wildman–Crippen MR) is 135 cm³/mol. The number of carbonyl (C=O) groups excluding carboxylic acids is 1. The lowest BCUT2D eigenvalue weighted by molar-refractivity contribution is -0.122. The van der Waals surface area contributed by atoms with Gasteiger partial charge in [-0.3, -0.25) is 9.78 Å². The van der Waals surface area contributed by atoms with Gasteiger partial charge in [0.15, 0.2) is 0 Å². The Balaban J connectivity index is 1.55. The minimum absolute atomic E-state index is 0.0555. The molecule has 4 aromatic rings. The van der Waals surface area contributed by atoms with Crippen LogP contribution in [0, 0.1) is 5.41 Å². The number of pyridine rings is 1. The second kappa shape index (κ2) is 10.0. The molecule has 0 aliphatic rings. The molecule has 170 valence electrons. The molecule has 4 rings (SSSR count). The van der Waals surface area contributed by atoms with Crippen molar-refractivity contribution in [3.8, 4) is 0 Å². The lowest BCUT2D eigenvalue weighted by Crippen LogP contribution is -2.30. The van der Waals surface area contributed by atoms with Crippen LogP contribution in [-0.4, -0.2) is 22.0 Å². The van der Waals surface area contributed by atoms with Crippen molar-refractivity contribution in [2.24, 2.45) is 5.41 Å². The van der Waals surface area contributed by atoms with Gasteiger partial charge in [0.25, 0.3) is 0 Å². The molecule has 0 aliphatic heterocycles. The lowest BCUT2D eigenvalue weighted by atomic mass is 9.74. The summed E-state index contributed by atoms with van der Waals surface area (Å²) in [5.41, 5.74) is 4.66. The third kappa shape index (κ3) is 5.70. The number of amides is 1. The summed E-state index contributed by atoms with van der Waals surface area (Å²) >= 11 is 0. The molecule has 4 heteroatoms. The number of hydrogen-bond donors (Lipinski definition) is 1. The van der Waals surface area contributed by atoms with Crippen LogP contribution in [0.1, 0.15) is 49.9 Å². The van der Waals surface area contributed by atoms with E-state index in [2.05, 4.69) is 90.4 Å². The molecule has 2 aromatic carbocycles. The molecule has 1 amide bonds. The van der Waals surface area contributed by atoms with Gasteiger partial charge < -0.3 is 9.88 Å². The van der Waals surface area contributed by atoms with Crippen LogP contribution < -0.4 is 5.32 Å². The minimum Gasteiger partial charge on any atom is -0.356 e. The van der Waals surface area contributed by atoms with E-state index in [9.17, 15) is 4.79 Å². The second-order valence-electron chi connectivity index (χ2n) is 9.76. The molecule has 1 N–H and O–H groups in total. The van der Waals surface area contributed by atoms with Gasteiger partial charge in [-0.15, -0.1) is 0 Å². The van der Waals surface area contributed by atoms with Gasteiger partial charge in [-0.2, -0.15) is 0 Å². The average molecular weight is 440 g/mol. The molecule has 33 heavy (non-hydrogen) atoms. The highest BCUT2D eigenvalue weighted by atomic mass is 16.1. The van der Waals surface area contributed by atoms with E-state index in [1.165, 1.54) is 22.0 Å². The van der Waals surface area contributed by atoms with Gasteiger partial charge in [-0.25, -0.2) is 0 Å². The minimum atomic E-state index is -0.0555. The number of nitrogens with one attached hydrogen (secondary N) is 1. The highest BCUT2D eigenvalue weighted by Gasteiger charge is 2.31. The Morgan fingerprint density at radius 2 is 1.70 bits per heavy atom. The standard InChI is InChI=1S/C29H33N3O/c1-29(2,3)26(19-28(33)31-18-16-23-13-9-10-17-30-23)25-21-32(20-22-11-5-4-6-12-22)27-15-8-7-14-24(25)27/h4-15,17,21,26H,16,18-20H2,1-3H3,(H,31,33)/t26-/m0/s1. The van der Waals surface area contributed by atoms with Gasteiger partial charge in [0.2, 0.25) is 5.91 Å². The van der Waals surface area contributed by atoms with Gasteiger partial charge in [0.05, 0.1) is 0 Å². The molecule has 0 bridgehead atoms. The first-order valence-corrected chi connectivity index (χ1v) is 11.7. The zero-order valence-electron chi connectivity index (χ0n) is 19.8. The normalized spacial score (nSPS) is 12.6. The number of carbonyl (C=O) groups is 1. The third-order valence-corrected chi connectivity index (χ3v) is 6.25. The van der Waals surface area contributed by atoms with Crippen LogP contribution in [0.4, 0.5) is 0 Å². The summed E-state index contributed by atoms with van der Waals surface area (Å²) in [5.74, 6) is 0.194. The molecule has 0 unspecified atom stereocenters. The Labute approximate surface area is 196 Å². The van der Waals surface area contributed by atoms with E-state index in [1.54, 1.807) is 6.20 Å². The smallest absolute Gasteiger partial charge is 0.220 e. The fraction of sp³-hybridized carbons (Fsp3) is 0.310. The van der Waals surface area contributed by atoms with Crippen LogP contribution in [0.3, 0.4) is 0 Å². The molecule has 0 fully saturated rings. The van der Waals surface area contributed by atoms with Crippen molar-refractivity contribution >= 4 is 16.8 Å².